The lowest BCUT2D eigenvalue weighted by Gasteiger charge is -2.19. The summed E-state index contributed by atoms with van der Waals surface area (Å²) in [4.78, 5) is 4.23. The van der Waals surface area contributed by atoms with E-state index in [-0.39, 0.29) is 6.04 Å². The van der Waals surface area contributed by atoms with Gasteiger partial charge in [0, 0.05) is 6.20 Å². The topological polar surface area (TPSA) is 38.9 Å². The van der Waals surface area contributed by atoms with Crippen LogP contribution in [0.3, 0.4) is 0 Å². The summed E-state index contributed by atoms with van der Waals surface area (Å²) in [5.74, 6) is 0.524. The summed E-state index contributed by atoms with van der Waals surface area (Å²) in [5, 5.41) is 1.14. The van der Waals surface area contributed by atoms with E-state index in [1.54, 1.807) is 12.3 Å². The summed E-state index contributed by atoms with van der Waals surface area (Å²) in [5.41, 5.74) is 6.95. The summed E-state index contributed by atoms with van der Waals surface area (Å²) >= 11 is 11.9. The van der Waals surface area contributed by atoms with Crippen LogP contribution in [0.2, 0.25) is 10.0 Å². The third kappa shape index (κ3) is 2.44. The fourth-order valence-electron chi connectivity index (χ4n) is 2.21. The molecule has 2 rings (SSSR count). The standard InChI is InChI=1S/C11H14Cl2N2/c12-8-5-9(13)11(15-6-8)10(14)7-3-1-2-4-7/h5-7,10H,1-4,14H2. The van der Waals surface area contributed by atoms with Crippen LogP contribution in [-0.2, 0) is 0 Å². The Kier molecular flexibility index (Phi) is 3.49. The molecule has 0 aliphatic heterocycles. The Morgan fingerprint density at radius 2 is 2.00 bits per heavy atom. The van der Waals surface area contributed by atoms with Crippen LogP contribution < -0.4 is 5.73 Å². The molecule has 1 aliphatic carbocycles. The molecule has 1 atom stereocenters. The highest BCUT2D eigenvalue weighted by atomic mass is 35.5. The highest BCUT2D eigenvalue weighted by Gasteiger charge is 2.25. The van der Waals surface area contributed by atoms with Gasteiger partial charge in [-0.2, -0.15) is 0 Å². The van der Waals surface area contributed by atoms with Crippen molar-refractivity contribution < 1.29 is 0 Å². The maximum atomic E-state index is 6.16. The highest BCUT2D eigenvalue weighted by molar-refractivity contribution is 6.34. The Morgan fingerprint density at radius 1 is 1.33 bits per heavy atom. The summed E-state index contributed by atoms with van der Waals surface area (Å²) in [6.07, 6.45) is 6.51. The molecule has 82 valence electrons. The normalized spacial score (nSPS) is 19.4. The number of aromatic nitrogens is 1. The van der Waals surface area contributed by atoms with E-state index in [0.29, 0.717) is 16.0 Å². The Labute approximate surface area is 99.8 Å². The summed E-state index contributed by atoms with van der Waals surface area (Å²) in [6.45, 7) is 0. The maximum absolute atomic E-state index is 6.16. The Hall–Kier alpha value is -0.310. The summed E-state index contributed by atoms with van der Waals surface area (Å²) in [6, 6.07) is 1.66. The number of rotatable bonds is 2. The Morgan fingerprint density at radius 3 is 2.60 bits per heavy atom. The van der Waals surface area contributed by atoms with Gasteiger partial charge in [-0.15, -0.1) is 0 Å². The molecule has 0 saturated heterocycles. The number of pyridine rings is 1. The molecular formula is C11H14Cl2N2. The van der Waals surface area contributed by atoms with E-state index in [2.05, 4.69) is 4.98 Å². The van der Waals surface area contributed by atoms with Crippen LogP contribution in [0.5, 0.6) is 0 Å². The third-order valence-electron chi connectivity index (χ3n) is 3.06. The number of nitrogens with two attached hydrogens (primary N) is 1. The van der Waals surface area contributed by atoms with E-state index in [9.17, 15) is 0 Å². The molecule has 1 heterocycles. The lowest BCUT2D eigenvalue weighted by Crippen LogP contribution is -2.20. The molecule has 0 amide bonds. The molecule has 1 aromatic heterocycles. The molecule has 1 aromatic rings. The first kappa shape index (κ1) is 11.2. The minimum atomic E-state index is -0.0442. The second-order valence-corrected chi connectivity index (χ2v) is 4.93. The lowest BCUT2D eigenvalue weighted by molar-refractivity contribution is 0.437. The van der Waals surface area contributed by atoms with Gasteiger partial charge in [0.15, 0.2) is 0 Å². The second kappa shape index (κ2) is 4.69. The maximum Gasteiger partial charge on any atom is 0.0760 e. The first-order chi connectivity index (χ1) is 7.18. The van der Waals surface area contributed by atoms with Gasteiger partial charge in [0.2, 0.25) is 0 Å². The molecule has 1 saturated carbocycles. The SMILES string of the molecule is NC(c1ncc(Cl)cc1Cl)C1CCCC1. The van der Waals surface area contributed by atoms with Crippen molar-refractivity contribution >= 4 is 23.2 Å². The van der Waals surface area contributed by atoms with Crippen molar-refractivity contribution in [2.75, 3.05) is 0 Å². The number of hydrogen-bond acceptors (Lipinski definition) is 2. The van der Waals surface area contributed by atoms with Crippen LogP contribution in [0.15, 0.2) is 12.3 Å². The predicted molar refractivity (Wildman–Crippen MR) is 63.1 cm³/mol. The van der Waals surface area contributed by atoms with E-state index in [1.807, 2.05) is 0 Å². The number of halogens is 2. The van der Waals surface area contributed by atoms with Gasteiger partial charge in [-0.05, 0) is 24.8 Å². The lowest BCUT2D eigenvalue weighted by atomic mass is 9.96. The zero-order chi connectivity index (χ0) is 10.8. The van der Waals surface area contributed by atoms with Crippen LogP contribution in [0.25, 0.3) is 0 Å². The van der Waals surface area contributed by atoms with Crippen molar-refractivity contribution in [1.82, 2.24) is 4.98 Å². The predicted octanol–water partition coefficient (Wildman–Crippen LogP) is 3.58. The molecular weight excluding hydrogens is 231 g/mol. The minimum absolute atomic E-state index is 0.0442. The summed E-state index contributed by atoms with van der Waals surface area (Å²) < 4.78 is 0. The Bertz CT molecular complexity index is 348. The van der Waals surface area contributed by atoms with E-state index in [4.69, 9.17) is 28.9 Å². The van der Waals surface area contributed by atoms with E-state index in [1.165, 1.54) is 25.7 Å². The van der Waals surface area contributed by atoms with E-state index >= 15 is 0 Å². The van der Waals surface area contributed by atoms with Crippen LogP contribution in [-0.4, -0.2) is 4.98 Å². The first-order valence-corrected chi connectivity index (χ1v) is 6.00. The van der Waals surface area contributed by atoms with Gasteiger partial charge in [0.25, 0.3) is 0 Å². The molecule has 0 bridgehead atoms. The van der Waals surface area contributed by atoms with Crippen molar-refractivity contribution in [1.29, 1.82) is 0 Å². The van der Waals surface area contributed by atoms with Gasteiger partial charge in [-0.25, -0.2) is 0 Å². The fraction of sp³-hybridized carbons (Fsp3) is 0.545. The molecule has 2 nitrogen and oxygen atoms in total. The van der Waals surface area contributed by atoms with Crippen molar-refractivity contribution in [2.45, 2.75) is 31.7 Å². The van der Waals surface area contributed by atoms with Crippen LogP contribution in [0, 0.1) is 5.92 Å². The van der Waals surface area contributed by atoms with Crippen molar-refractivity contribution in [3.63, 3.8) is 0 Å². The molecule has 0 aromatic carbocycles. The molecule has 1 unspecified atom stereocenters. The molecule has 2 N–H and O–H groups in total. The molecule has 1 fully saturated rings. The quantitative estimate of drug-likeness (QED) is 0.864. The molecule has 0 radical (unpaired) electrons. The highest BCUT2D eigenvalue weighted by Crippen LogP contribution is 2.36. The molecule has 4 heteroatoms. The van der Waals surface area contributed by atoms with Crippen LogP contribution in [0.4, 0.5) is 0 Å². The average Bonchev–Trinajstić information content (AvgIpc) is 2.69. The fourth-order valence-corrected chi connectivity index (χ4v) is 2.72. The Balaban J connectivity index is 2.20. The molecule has 1 aliphatic rings. The van der Waals surface area contributed by atoms with Crippen molar-refractivity contribution in [3.8, 4) is 0 Å². The zero-order valence-electron chi connectivity index (χ0n) is 8.42. The zero-order valence-corrected chi connectivity index (χ0v) is 9.93. The third-order valence-corrected chi connectivity index (χ3v) is 3.57. The van der Waals surface area contributed by atoms with Gasteiger partial charge in [-0.3, -0.25) is 4.98 Å². The largest absolute Gasteiger partial charge is 0.322 e. The summed E-state index contributed by atoms with van der Waals surface area (Å²) in [7, 11) is 0. The monoisotopic (exact) mass is 244 g/mol. The van der Waals surface area contributed by atoms with Crippen molar-refractivity contribution in [2.24, 2.45) is 11.7 Å². The molecule has 0 spiro atoms. The number of nitrogens with zero attached hydrogens (tertiary/aromatic N) is 1. The van der Waals surface area contributed by atoms with Gasteiger partial charge in [0.05, 0.1) is 21.8 Å². The first-order valence-electron chi connectivity index (χ1n) is 5.25. The number of hydrogen-bond donors (Lipinski definition) is 1. The van der Waals surface area contributed by atoms with Crippen LogP contribution in [0.1, 0.15) is 37.4 Å². The van der Waals surface area contributed by atoms with Gasteiger partial charge in [0.1, 0.15) is 0 Å². The van der Waals surface area contributed by atoms with E-state index in [0.717, 1.165) is 5.69 Å². The van der Waals surface area contributed by atoms with Crippen LogP contribution >= 0.6 is 23.2 Å². The van der Waals surface area contributed by atoms with Gasteiger partial charge >= 0.3 is 0 Å². The minimum Gasteiger partial charge on any atom is -0.322 e. The van der Waals surface area contributed by atoms with E-state index < -0.39 is 0 Å². The smallest absolute Gasteiger partial charge is 0.0760 e. The average molecular weight is 245 g/mol. The molecule has 15 heavy (non-hydrogen) atoms. The second-order valence-electron chi connectivity index (χ2n) is 4.09. The van der Waals surface area contributed by atoms with Crippen molar-refractivity contribution in [3.05, 3.63) is 28.0 Å². The van der Waals surface area contributed by atoms with Gasteiger partial charge < -0.3 is 5.73 Å². The van der Waals surface area contributed by atoms with Gasteiger partial charge in [-0.1, -0.05) is 36.0 Å².